The first-order valence-corrected chi connectivity index (χ1v) is 24.1. The van der Waals surface area contributed by atoms with Crippen LogP contribution in [0.15, 0.2) is 107 Å². The Morgan fingerprint density at radius 1 is 0.800 bits per heavy atom. The average molecular weight is 982 g/mol. The van der Waals surface area contributed by atoms with Crippen LogP contribution in [0.1, 0.15) is 64.5 Å². The molecule has 0 aliphatic carbocycles. The third kappa shape index (κ3) is 12.8. The van der Waals surface area contributed by atoms with Gasteiger partial charge >= 0.3 is 5.97 Å². The Bertz CT molecular complexity index is 2360. The molecule has 0 unspecified atom stereocenters. The number of hydrogen-bond acceptors (Lipinski definition) is 19. The van der Waals surface area contributed by atoms with E-state index in [1.807, 2.05) is 68.5 Å². The molecule has 0 spiro atoms. The van der Waals surface area contributed by atoms with E-state index < -0.39 is 38.6 Å². The number of aromatic nitrogens is 1. The summed E-state index contributed by atoms with van der Waals surface area (Å²) in [5.41, 5.74) is 4.68. The number of benzene rings is 2. The maximum absolute atomic E-state index is 13.8. The number of carbonyl (C=O) groups is 1. The molecule has 0 bridgehead atoms. The molecule has 354 valence electrons. The smallest absolute Gasteiger partial charge is 0.333 e. The molecule has 3 heterocycles. The molecule has 5 rings (SSSR count). The van der Waals surface area contributed by atoms with Crippen LogP contribution in [0.3, 0.4) is 0 Å². The molecule has 2 aromatic carbocycles. The van der Waals surface area contributed by atoms with Gasteiger partial charge < -0.3 is 20.0 Å². The summed E-state index contributed by atoms with van der Waals surface area (Å²) in [6.07, 6.45) is 15.0. The van der Waals surface area contributed by atoms with Gasteiger partial charge in [-0.1, -0.05) is 59.3 Å². The molecule has 3 aromatic rings. The van der Waals surface area contributed by atoms with Gasteiger partial charge in [0.1, 0.15) is 6.54 Å². The van der Waals surface area contributed by atoms with Crippen LogP contribution in [0.2, 0.25) is 0 Å². The average Bonchev–Trinajstić information content (AvgIpc) is 3.79. The van der Waals surface area contributed by atoms with Crippen LogP contribution < -0.4 is 9.74 Å². The van der Waals surface area contributed by atoms with E-state index >= 15 is 0 Å². The number of rotatable bonds is 26. The first-order chi connectivity index (χ1) is 31.1. The summed E-state index contributed by atoms with van der Waals surface area (Å²) < 4.78 is 45.4. The largest absolute Gasteiger partial charge is 0.492 e. The zero-order valence-electron chi connectivity index (χ0n) is 36.3. The Morgan fingerprint density at radius 3 is 2.15 bits per heavy atom. The van der Waals surface area contributed by atoms with Crippen molar-refractivity contribution in [2.45, 2.75) is 74.0 Å². The van der Waals surface area contributed by atoms with Crippen LogP contribution >= 0.6 is 36.1 Å². The lowest BCUT2D eigenvalue weighted by Gasteiger charge is -2.27. The molecule has 65 heavy (non-hydrogen) atoms. The van der Waals surface area contributed by atoms with E-state index in [1.165, 1.54) is 11.4 Å². The van der Waals surface area contributed by atoms with Crippen molar-refractivity contribution in [1.82, 2.24) is 9.04 Å². The molecule has 0 saturated heterocycles. The molecular formula is C42H53N4O15S4+. The third-order valence-corrected chi connectivity index (χ3v) is 14.4. The van der Waals surface area contributed by atoms with Crippen molar-refractivity contribution in [2.24, 2.45) is 0 Å². The standard InChI is InChI=1S/C42H52N4O15S4/c1-41(2)32-28-30(64-61-58-52)17-19-34(32)44(24-12-26-62-59-56-50)36(41)14-9-7-6-8-10-15-37-42(3,4)33-29-31(18-20-35(33)45(37)25-13-27-63-60-57-51)65(53,54)43(5)23-11-16-40(49)55-46-38(47)21-22-39(46)48/h6-10,14-15,17-22,28-29H,11-13,16,23-27H2,1-5H3,(H4-,47,48,50,51,52)/p+1. The molecule has 0 atom stereocenters. The van der Waals surface area contributed by atoms with E-state index in [4.69, 9.17) is 20.6 Å². The van der Waals surface area contributed by atoms with E-state index in [2.05, 4.69) is 57.5 Å². The van der Waals surface area contributed by atoms with E-state index in [9.17, 15) is 23.4 Å². The van der Waals surface area contributed by atoms with Gasteiger partial charge in [-0.25, -0.2) is 33.3 Å². The number of anilines is 1. The topological polar surface area (TPSA) is 231 Å². The van der Waals surface area contributed by atoms with Gasteiger partial charge in [-0.3, -0.25) is 0 Å². The van der Waals surface area contributed by atoms with Gasteiger partial charge in [-0.15, -0.1) is 17.7 Å². The molecule has 2 aliphatic heterocycles. The third-order valence-electron chi connectivity index (χ3n) is 10.8. The summed E-state index contributed by atoms with van der Waals surface area (Å²) in [6.45, 7) is 9.52. The fraction of sp³-hybridized carbons (Fsp3) is 0.381. The van der Waals surface area contributed by atoms with Crippen molar-refractivity contribution in [1.29, 1.82) is 0 Å². The van der Waals surface area contributed by atoms with Crippen LogP contribution in [0.25, 0.3) is 0 Å². The maximum Gasteiger partial charge on any atom is 0.333 e. The van der Waals surface area contributed by atoms with Crippen molar-refractivity contribution in [3.8, 4) is 11.8 Å². The summed E-state index contributed by atoms with van der Waals surface area (Å²) >= 11 is 2.85. The monoisotopic (exact) mass is 981 g/mol. The SMILES string of the molecule is CN(CCCC(=O)On1c(O)ccc1O)S(=O)(=O)c1ccc2c(c1)C(C)(C)C(=CC=CC=CC=CC1=[N+](CCCSOOO)c3ccc(SOOO)cc3C1(C)C)N2CCCSOOO. The molecule has 19 nitrogen and oxygen atoms in total. The summed E-state index contributed by atoms with van der Waals surface area (Å²) in [4.78, 5) is 20.3. The van der Waals surface area contributed by atoms with Crippen molar-refractivity contribution < 1.29 is 76.7 Å². The molecule has 1 aromatic heterocycles. The van der Waals surface area contributed by atoms with Crippen molar-refractivity contribution in [2.75, 3.05) is 43.1 Å². The van der Waals surface area contributed by atoms with Crippen LogP contribution in [0, 0.1) is 0 Å². The minimum absolute atomic E-state index is 0.00223. The molecule has 0 fully saturated rings. The highest BCUT2D eigenvalue weighted by atomic mass is 32.2. The minimum Gasteiger partial charge on any atom is -0.492 e. The van der Waals surface area contributed by atoms with Crippen molar-refractivity contribution in [3.05, 3.63) is 108 Å². The van der Waals surface area contributed by atoms with Crippen LogP contribution in [0.4, 0.5) is 11.4 Å². The van der Waals surface area contributed by atoms with Crippen LogP contribution in [-0.4, -0.2) is 97.9 Å². The van der Waals surface area contributed by atoms with Gasteiger partial charge in [0.25, 0.3) is 0 Å². The second-order valence-electron chi connectivity index (χ2n) is 15.6. The molecular weight excluding hydrogens is 929 g/mol. The van der Waals surface area contributed by atoms with Gasteiger partial charge in [-0.2, -0.15) is 4.58 Å². The minimum atomic E-state index is -3.98. The van der Waals surface area contributed by atoms with Crippen molar-refractivity contribution >= 4 is 69.2 Å². The number of nitrogens with zero attached hydrogens (tertiary/aromatic N) is 4. The Kier molecular flexibility index (Phi) is 19.1. The lowest BCUT2D eigenvalue weighted by molar-refractivity contribution is -0.438. The summed E-state index contributed by atoms with van der Waals surface area (Å²) in [5.74, 6) is -0.606. The van der Waals surface area contributed by atoms with Crippen LogP contribution in [0.5, 0.6) is 11.8 Å². The summed E-state index contributed by atoms with van der Waals surface area (Å²) in [5, 5.41) is 56.4. The Hall–Kier alpha value is -4.18. The fourth-order valence-electron chi connectivity index (χ4n) is 7.61. The molecule has 0 saturated carbocycles. The second-order valence-corrected chi connectivity index (χ2v) is 20.0. The lowest BCUT2D eigenvalue weighted by atomic mass is 9.81. The van der Waals surface area contributed by atoms with Crippen molar-refractivity contribution in [3.63, 3.8) is 0 Å². The Morgan fingerprint density at radius 2 is 1.46 bits per heavy atom. The van der Waals surface area contributed by atoms with E-state index in [-0.39, 0.29) is 24.3 Å². The first kappa shape index (κ1) is 51.8. The predicted octanol–water partition coefficient (Wildman–Crippen LogP) is 8.03. The number of aromatic hydroxyl groups is 2. The highest BCUT2D eigenvalue weighted by molar-refractivity contribution is 7.95. The quantitative estimate of drug-likeness (QED) is 0.0128. The fourth-order valence-corrected chi connectivity index (χ4v) is 9.96. The number of allylic oxidation sites excluding steroid dienone is 8. The highest BCUT2D eigenvalue weighted by Crippen LogP contribution is 2.49. The summed E-state index contributed by atoms with van der Waals surface area (Å²) in [7, 11) is -2.55. The summed E-state index contributed by atoms with van der Waals surface area (Å²) in [6, 6.07) is 13.2. The molecule has 23 heteroatoms. The van der Waals surface area contributed by atoms with E-state index in [0.717, 1.165) is 93.5 Å². The maximum atomic E-state index is 13.8. The van der Waals surface area contributed by atoms with Gasteiger partial charge in [0, 0.05) is 120 Å². The van der Waals surface area contributed by atoms with Gasteiger partial charge in [0.2, 0.25) is 27.5 Å². The highest BCUT2D eigenvalue weighted by Gasteiger charge is 2.44. The van der Waals surface area contributed by atoms with Gasteiger partial charge in [0.15, 0.2) is 5.71 Å². The van der Waals surface area contributed by atoms with Gasteiger partial charge in [0.05, 0.1) is 22.4 Å². The zero-order valence-corrected chi connectivity index (χ0v) is 39.5. The second kappa shape index (κ2) is 24.0. The number of sulfonamides is 1. The Balaban J connectivity index is 1.32. The van der Waals surface area contributed by atoms with Gasteiger partial charge in [-0.05, 0) is 68.7 Å². The number of fused-ring (bicyclic) bond motifs is 2. The van der Waals surface area contributed by atoms with Crippen LogP contribution in [-0.2, 0) is 53.8 Å². The van der Waals surface area contributed by atoms with E-state index in [1.54, 1.807) is 18.2 Å². The van der Waals surface area contributed by atoms with E-state index in [0.29, 0.717) is 35.7 Å². The molecule has 2 aliphatic rings. The first-order valence-electron chi connectivity index (χ1n) is 20.1. The number of hydrogen-bond donors (Lipinski definition) is 5. The Labute approximate surface area is 390 Å². The number of carbonyl (C=O) groups excluding carboxylic acids is 1. The molecule has 0 amide bonds. The normalized spacial score (nSPS) is 16.3. The molecule has 5 N–H and O–H groups in total. The zero-order chi connectivity index (χ0) is 47.2. The predicted molar refractivity (Wildman–Crippen MR) is 244 cm³/mol. The molecule has 0 radical (unpaired) electrons. The lowest BCUT2D eigenvalue weighted by Crippen LogP contribution is -2.29.